The summed E-state index contributed by atoms with van der Waals surface area (Å²) in [6.07, 6.45) is 1.20. The molecule has 1 aliphatic heterocycles. The van der Waals surface area contributed by atoms with Crippen LogP contribution in [0, 0.1) is 0 Å². The summed E-state index contributed by atoms with van der Waals surface area (Å²) >= 11 is 0. The number of hydrogen-bond donors (Lipinski definition) is 1. The maximum atomic E-state index is 12.9. The zero-order chi connectivity index (χ0) is 23.6. The molecule has 3 aromatic rings. The molecule has 0 unspecified atom stereocenters. The first kappa shape index (κ1) is 23.0. The summed E-state index contributed by atoms with van der Waals surface area (Å²) < 4.78 is 48.7. The van der Waals surface area contributed by atoms with Crippen molar-refractivity contribution < 1.29 is 27.3 Å². The third-order valence-corrected chi connectivity index (χ3v) is 6.57. The number of halogens is 2. The van der Waals surface area contributed by atoms with Gasteiger partial charge in [0, 0.05) is 53.4 Å². The van der Waals surface area contributed by atoms with Crippen molar-refractivity contribution in [2.24, 2.45) is 7.05 Å². The van der Waals surface area contributed by atoms with Crippen LogP contribution >= 0.6 is 0 Å². The van der Waals surface area contributed by atoms with E-state index in [4.69, 9.17) is 9.47 Å². The van der Waals surface area contributed by atoms with Gasteiger partial charge >= 0.3 is 0 Å². The topological polar surface area (TPSA) is 121 Å². The molecule has 0 bridgehead atoms. The summed E-state index contributed by atoms with van der Waals surface area (Å²) in [4.78, 5) is 29.5. The van der Waals surface area contributed by atoms with E-state index < -0.39 is 29.4 Å². The lowest BCUT2D eigenvalue weighted by molar-refractivity contribution is 0.0778. The molecule has 1 saturated heterocycles. The van der Waals surface area contributed by atoms with Crippen LogP contribution in [0.2, 0.25) is 0 Å². The van der Waals surface area contributed by atoms with Gasteiger partial charge in [-0.1, -0.05) is 0 Å². The number of carbonyl (C=O) groups excluding carboxylic acids is 1. The molecule has 0 aromatic carbocycles. The lowest BCUT2D eigenvalue weighted by Gasteiger charge is -2.33. The normalized spacial score (nSPS) is 20.7. The number of nitrogens with zero attached hydrogens (tertiary/aromatic N) is 5. The second kappa shape index (κ2) is 9.33. The average Bonchev–Trinajstić information content (AvgIpc) is 3.11. The van der Waals surface area contributed by atoms with Crippen molar-refractivity contribution in [3.05, 3.63) is 30.4 Å². The van der Waals surface area contributed by atoms with E-state index in [0.29, 0.717) is 35.5 Å². The molecule has 0 saturated carbocycles. The monoisotopic (exact) mass is 480 g/mol. The molecule has 0 radical (unpaired) electrons. The van der Waals surface area contributed by atoms with Crippen LogP contribution in [0.15, 0.2) is 24.5 Å². The van der Waals surface area contributed by atoms with Gasteiger partial charge in [-0.3, -0.25) is 9.00 Å². The SMILES string of the molecule is Cn1c(C(=O)NC2(C)CCS(=O)CC2)nc2ccc(Oc3nccnc3OCC(F)F)nc21. The number of aryl methyl sites for hydroxylation is 1. The summed E-state index contributed by atoms with van der Waals surface area (Å²) in [5.41, 5.74) is 0.399. The van der Waals surface area contributed by atoms with Crippen LogP contribution in [-0.2, 0) is 17.8 Å². The fourth-order valence-electron chi connectivity index (χ4n) is 3.39. The molecule has 10 nitrogen and oxygen atoms in total. The number of nitrogens with one attached hydrogen (secondary N) is 1. The molecule has 3 aromatic heterocycles. The van der Waals surface area contributed by atoms with Crippen LogP contribution in [0.5, 0.6) is 17.6 Å². The summed E-state index contributed by atoms with van der Waals surface area (Å²) in [6, 6.07) is 3.14. The first-order chi connectivity index (χ1) is 15.7. The summed E-state index contributed by atoms with van der Waals surface area (Å²) in [5, 5.41) is 3.01. The average molecular weight is 480 g/mol. The second-order valence-electron chi connectivity index (χ2n) is 7.82. The minimum Gasteiger partial charge on any atom is -0.468 e. The molecule has 0 aliphatic carbocycles. The number of alkyl halides is 2. The number of fused-ring (bicyclic) bond motifs is 1. The van der Waals surface area contributed by atoms with Crippen LogP contribution in [0.1, 0.15) is 30.4 Å². The van der Waals surface area contributed by atoms with Gasteiger partial charge in [-0.2, -0.15) is 4.98 Å². The highest BCUT2D eigenvalue weighted by molar-refractivity contribution is 7.85. The van der Waals surface area contributed by atoms with Gasteiger partial charge in [0.1, 0.15) is 5.52 Å². The van der Waals surface area contributed by atoms with E-state index in [0.717, 1.165) is 0 Å². The number of carbonyl (C=O) groups is 1. The van der Waals surface area contributed by atoms with Crippen molar-refractivity contribution in [2.45, 2.75) is 31.7 Å². The zero-order valence-electron chi connectivity index (χ0n) is 18.0. The van der Waals surface area contributed by atoms with Crippen molar-refractivity contribution >= 4 is 27.9 Å². The third kappa shape index (κ3) is 5.24. The Morgan fingerprint density at radius 3 is 2.61 bits per heavy atom. The van der Waals surface area contributed by atoms with Gasteiger partial charge in [-0.15, -0.1) is 0 Å². The maximum absolute atomic E-state index is 12.9. The number of imidazole rings is 1. The first-order valence-corrected chi connectivity index (χ1v) is 11.6. The Bertz CT molecular complexity index is 1190. The van der Waals surface area contributed by atoms with Crippen LogP contribution < -0.4 is 14.8 Å². The van der Waals surface area contributed by atoms with Crippen molar-refractivity contribution in [1.29, 1.82) is 0 Å². The van der Waals surface area contributed by atoms with Gasteiger partial charge in [-0.05, 0) is 25.8 Å². The van der Waals surface area contributed by atoms with Crippen molar-refractivity contribution in [2.75, 3.05) is 18.1 Å². The highest BCUT2D eigenvalue weighted by Crippen LogP contribution is 2.28. The van der Waals surface area contributed by atoms with Crippen LogP contribution in [0.4, 0.5) is 8.78 Å². The van der Waals surface area contributed by atoms with Crippen LogP contribution in [0.3, 0.4) is 0 Å². The largest absolute Gasteiger partial charge is 0.468 e. The van der Waals surface area contributed by atoms with E-state index in [1.165, 1.54) is 23.0 Å². The van der Waals surface area contributed by atoms with E-state index >= 15 is 0 Å². The Morgan fingerprint density at radius 2 is 1.91 bits per heavy atom. The molecule has 13 heteroatoms. The highest BCUT2D eigenvalue weighted by Gasteiger charge is 2.32. The van der Waals surface area contributed by atoms with Gasteiger partial charge < -0.3 is 19.4 Å². The van der Waals surface area contributed by atoms with Gasteiger partial charge in [0.2, 0.25) is 11.7 Å². The van der Waals surface area contributed by atoms with Crippen LogP contribution in [0.25, 0.3) is 11.2 Å². The molecule has 33 heavy (non-hydrogen) atoms. The highest BCUT2D eigenvalue weighted by atomic mass is 32.2. The minimum absolute atomic E-state index is 0.0987. The van der Waals surface area contributed by atoms with E-state index in [-0.39, 0.29) is 29.4 Å². The van der Waals surface area contributed by atoms with E-state index in [9.17, 15) is 17.8 Å². The quantitative estimate of drug-likeness (QED) is 0.547. The molecule has 1 fully saturated rings. The number of pyridine rings is 1. The van der Waals surface area contributed by atoms with Crippen molar-refractivity contribution in [3.63, 3.8) is 0 Å². The Balaban J connectivity index is 1.54. The number of amides is 1. The Hall–Kier alpha value is -3.22. The Kier molecular flexibility index (Phi) is 6.49. The summed E-state index contributed by atoms with van der Waals surface area (Å²) in [6.45, 7) is 1.08. The molecular formula is C20H22F2N6O4S. The molecule has 0 atom stereocenters. The zero-order valence-corrected chi connectivity index (χ0v) is 18.8. The second-order valence-corrected chi connectivity index (χ2v) is 9.52. The van der Waals surface area contributed by atoms with Crippen molar-refractivity contribution in [3.8, 4) is 17.6 Å². The van der Waals surface area contributed by atoms with Gasteiger partial charge in [0.15, 0.2) is 12.3 Å². The Labute approximate surface area is 190 Å². The molecule has 1 amide bonds. The first-order valence-electron chi connectivity index (χ1n) is 10.1. The maximum Gasteiger partial charge on any atom is 0.287 e. The third-order valence-electron chi connectivity index (χ3n) is 5.25. The molecule has 4 rings (SSSR count). The number of ether oxygens (including phenoxy) is 2. The molecular weight excluding hydrogens is 458 g/mol. The number of rotatable bonds is 7. The fraction of sp³-hybridized carbons (Fsp3) is 0.450. The van der Waals surface area contributed by atoms with Crippen molar-refractivity contribution in [1.82, 2.24) is 29.8 Å². The molecule has 1 N–H and O–H groups in total. The standard InChI is InChI=1S/C20H22F2N6O4S/c1-20(5-9-33(30)10-6-20)27-17(29)16-25-12-3-4-14(26-15(12)28(16)2)32-19-18(23-7-8-24-19)31-11-13(21)22/h3-4,7-8,13H,5-6,9-11H2,1-2H3,(H,27,29). The van der Waals surface area contributed by atoms with E-state index in [1.54, 1.807) is 13.1 Å². The Morgan fingerprint density at radius 1 is 1.21 bits per heavy atom. The fourth-order valence-corrected chi connectivity index (χ4v) is 4.95. The molecule has 1 aliphatic rings. The molecule has 4 heterocycles. The number of aromatic nitrogens is 5. The molecule has 0 spiro atoms. The van der Waals surface area contributed by atoms with Gasteiger partial charge in [0.05, 0.1) is 0 Å². The van der Waals surface area contributed by atoms with Crippen LogP contribution in [-0.4, -0.2) is 64.7 Å². The predicted octanol–water partition coefficient (Wildman–Crippen LogP) is 2.23. The van der Waals surface area contributed by atoms with E-state index in [2.05, 4.69) is 25.3 Å². The number of hydrogen-bond acceptors (Lipinski definition) is 8. The lowest BCUT2D eigenvalue weighted by atomic mass is 9.95. The smallest absolute Gasteiger partial charge is 0.287 e. The minimum atomic E-state index is -2.67. The van der Waals surface area contributed by atoms with Gasteiger partial charge in [-0.25, -0.2) is 23.7 Å². The van der Waals surface area contributed by atoms with Gasteiger partial charge in [0.25, 0.3) is 24.1 Å². The van der Waals surface area contributed by atoms with E-state index in [1.807, 2.05) is 6.92 Å². The summed E-state index contributed by atoms with van der Waals surface area (Å²) in [5.74, 6) is 0.702. The summed E-state index contributed by atoms with van der Waals surface area (Å²) in [7, 11) is 0.812. The lowest BCUT2D eigenvalue weighted by Crippen LogP contribution is -2.50. The molecule has 176 valence electrons. The predicted molar refractivity (Wildman–Crippen MR) is 115 cm³/mol.